The molecule has 0 bridgehead atoms. The van der Waals surface area contributed by atoms with E-state index >= 15 is 8.78 Å². The Balaban J connectivity index is 0.783. The minimum absolute atomic E-state index is 0.0161. The van der Waals surface area contributed by atoms with E-state index in [1.165, 1.54) is 37.3 Å². The molecule has 0 radical (unpaired) electrons. The van der Waals surface area contributed by atoms with Crippen molar-refractivity contribution in [2.24, 2.45) is 17.6 Å². The summed E-state index contributed by atoms with van der Waals surface area (Å²) in [6.07, 6.45) is 3.12. The summed E-state index contributed by atoms with van der Waals surface area (Å²) in [5.74, 6) is -2.76. The molecule has 4 aromatic rings. The molecule has 4 aromatic carbocycles. The highest BCUT2D eigenvalue weighted by Gasteiger charge is 2.50. The molecule has 0 spiro atoms. The van der Waals surface area contributed by atoms with Crippen LogP contribution in [0.2, 0.25) is 5.02 Å². The predicted molar refractivity (Wildman–Crippen MR) is 254 cm³/mol. The molecule has 6 amide bonds. The molecule has 18 heteroatoms. The van der Waals surface area contributed by atoms with Crippen molar-refractivity contribution in [3.63, 3.8) is 0 Å². The third-order valence-electron chi connectivity index (χ3n) is 14.7. The van der Waals surface area contributed by atoms with Gasteiger partial charge in [0.25, 0.3) is 5.91 Å². The number of rotatable bonds is 13. The van der Waals surface area contributed by atoms with Crippen LogP contribution in [0, 0.1) is 23.5 Å². The number of carbonyl (C=O) groups excluding carboxylic acids is 5. The summed E-state index contributed by atoms with van der Waals surface area (Å²) in [7, 11) is 2.78. The van der Waals surface area contributed by atoms with Gasteiger partial charge in [0, 0.05) is 117 Å². The number of hydrogen-bond acceptors (Lipinski definition) is 10. The summed E-state index contributed by atoms with van der Waals surface area (Å²) in [6.45, 7) is 7.15. The fraction of sp³-hybridized carbons (Fsp3) is 0.431. The van der Waals surface area contributed by atoms with Crippen molar-refractivity contribution in [2.45, 2.75) is 56.6 Å². The van der Waals surface area contributed by atoms with Gasteiger partial charge in [-0.1, -0.05) is 48.9 Å². The van der Waals surface area contributed by atoms with E-state index in [1.54, 1.807) is 18.2 Å². The Morgan fingerprint density at radius 2 is 1.58 bits per heavy atom. The van der Waals surface area contributed by atoms with Crippen LogP contribution in [0.25, 0.3) is 11.1 Å². The first-order valence-corrected chi connectivity index (χ1v) is 23.8. The number of carbonyl (C=O) groups is 5. The summed E-state index contributed by atoms with van der Waals surface area (Å²) in [5.41, 5.74) is 6.32. The van der Waals surface area contributed by atoms with Crippen LogP contribution in [0.3, 0.4) is 0 Å². The first-order chi connectivity index (χ1) is 33.2. The largest absolute Gasteiger partial charge is 0.495 e. The van der Waals surface area contributed by atoms with Crippen molar-refractivity contribution < 1.29 is 47.0 Å². The predicted octanol–water partition coefficient (Wildman–Crippen LogP) is 6.30. The number of hydrogen-bond donors (Lipinski definition) is 3. The van der Waals surface area contributed by atoms with Gasteiger partial charge in [0.15, 0.2) is 17.2 Å². The van der Waals surface area contributed by atoms with Gasteiger partial charge in [0.2, 0.25) is 17.7 Å². The zero-order valence-corrected chi connectivity index (χ0v) is 39.6. The number of anilines is 1. The van der Waals surface area contributed by atoms with E-state index in [1.807, 2.05) is 47.1 Å². The molecule has 4 N–H and O–H groups in total. The van der Waals surface area contributed by atoms with Crippen LogP contribution in [-0.2, 0) is 15.2 Å². The minimum atomic E-state index is -1.09. The highest BCUT2D eigenvalue weighted by molar-refractivity contribution is 6.34. The standard InChI is InChI=1S/C51H56ClF2N7O8/c1-29-42-40(24-36(53)45(52)44(42)43-35(47(55)63)14-16-39(68-3)46(43)54)69-51(29,33-7-5-4-6-8-33)28-56-34-12-9-31(10-13-34)48(64)60-26-30(27-60)25-58-19-21-59(22-20-58)49(65)32-11-15-38(67-2)37(23-32)61-18-17-41(62)57-50(61)66/h4-8,11,14-16,23-24,29-31,34,56H,9-10,12-13,17-22,25-28H2,1-3H3,(H2,55,63)(H,57,62,66)/t29-,31?,34?,51-/m0/s1. The zero-order chi connectivity index (χ0) is 48.7. The number of nitrogens with one attached hydrogen (secondary N) is 2. The van der Waals surface area contributed by atoms with Crippen LogP contribution >= 0.6 is 11.6 Å². The van der Waals surface area contributed by atoms with Gasteiger partial charge < -0.3 is 35.1 Å². The third kappa shape index (κ3) is 9.07. The highest BCUT2D eigenvalue weighted by atomic mass is 35.5. The Kier molecular flexibility index (Phi) is 13.6. The lowest BCUT2D eigenvalue weighted by atomic mass is 9.77. The summed E-state index contributed by atoms with van der Waals surface area (Å²) < 4.78 is 49.5. The Bertz CT molecular complexity index is 2670. The molecular weight excluding hydrogens is 912 g/mol. The number of primary amides is 1. The molecule has 0 aromatic heterocycles. The molecule has 364 valence electrons. The first kappa shape index (κ1) is 47.8. The maximum absolute atomic E-state index is 16.2. The molecule has 4 aliphatic heterocycles. The van der Waals surface area contributed by atoms with Crippen LogP contribution in [-0.4, -0.2) is 124 Å². The van der Waals surface area contributed by atoms with Gasteiger partial charge in [-0.25, -0.2) is 13.6 Å². The lowest BCUT2D eigenvalue weighted by molar-refractivity contribution is -0.143. The van der Waals surface area contributed by atoms with Gasteiger partial charge in [0.05, 0.1) is 30.5 Å². The molecule has 4 fully saturated rings. The van der Waals surface area contributed by atoms with E-state index in [9.17, 15) is 24.0 Å². The fourth-order valence-electron chi connectivity index (χ4n) is 10.9. The number of methoxy groups -OCH3 is 2. The SMILES string of the molecule is COc1ccc(C(=O)N2CCN(CC3CN(C(=O)C4CCC(NC[C@]5(c6ccccc6)Oc6cc(F)c(Cl)c(-c7c(C(N)=O)ccc(OC)c7F)c6[C@@H]5C)CC4)C3)CC2)cc1N1CCC(=O)NC1=O. The van der Waals surface area contributed by atoms with Crippen molar-refractivity contribution in [3.8, 4) is 28.4 Å². The number of fused-ring (bicyclic) bond motifs is 1. The second-order valence-electron chi connectivity index (χ2n) is 18.7. The molecule has 2 atom stereocenters. The maximum Gasteiger partial charge on any atom is 0.328 e. The van der Waals surface area contributed by atoms with Gasteiger partial charge in [-0.05, 0) is 61.6 Å². The molecule has 1 saturated carbocycles. The average Bonchev–Trinajstić information content (AvgIpc) is 3.62. The number of amides is 6. The lowest BCUT2D eigenvalue weighted by Crippen LogP contribution is -2.58. The van der Waals surface area contributed by atoms with E-state index in [-0.39, 0.29) is 75.9 Å². The third-order valence-corrected chi connectivity index (χ3v) is 15.1. The summed E-state index contributed by atoms with van der Waals surface area (Å²) in [4.78, 5) is 71.9. The monoisotopic (exact) mass is 967 g/mol. The molecule has 4 heterocycles. The van der Waals surface area contributed by atoms with Crippen LogP contribution in [0.4, 0.5) is 19.3 Å². The number of nitrogens with zero attached hydrogens (tertiary/aromatic N) is 4. The molecule has 1 aliphatic carbocycles. The van der Waals surface area contributed by atoms with Crippen LogP contribution in [0.1, 0.15) is 76.8 Å². The van der Waals surface area contributed by atoms with Crippen molar-refractivity contribution in [3.05, 3.63) is 106 Å². The van der Waals surface area contributed by atoms with E-state index in [0.29, 0.717) is 74.3 Å². The van der Waals surface area contributed by atoms with Gasteiger partial charge in [-0.3, -0.25) is 34.3 Å². The molecular formula is C51H56ClF2N7O8. The first-order valence-electron chi connectivity index (χ1n) is 23.5. The van der Waals surface area contributed by atoms with E-state index in [4.69, 9.17) is 31.5 Å². The Labute approximate surface area is 404 Å². The number of benzene rings is 4. The second-order valence-corrected chi connectivity index (χ2v) is 19.1. The van der Waals surface area contributed by atoms with Crippen LogP contribution < -0.4 is 35.5 Å². The maximum atomic E-state index is 16.2. The minimum Gasteiger partial charge on any atom is -0.495 e. The second kappa shape index (κ2) is 19.6. The van der Waals surface area contributed by atoms with E-state index < -0.39 is 35.1 Å². The van der Waals surface area contributed by atoms with Crippen LogP contribution in [0.15, 0.2) is 66.7 Å². The van der Waals surface area contributed by atoms with E-state index in [2.05, 4.69) is 15.5 Å². The fourth-order valence-corrected chi connectivity index (χ4v) is 11.1. The van der Waals surface area contributed by atoms with Gasteiger partial charge in [-0.15, -0.1) is 0 Å². The number of imide groups is 1. The number of piperazine rings is 1. The molecule has 3 saturated heterocycles. The Hall–Kier alpha value is -6.30. The Morgan fingerprint density at radius 1 is 0.884 bits per heavy atom. The number of urea groups is 1. The van der Waals surface area contributed by atoms with Crippen molar-refractivity contribution >= 4 is 46.9 Å². The molecule has 0 unspecified atom stereocenters. The number of halogens is 3. The number of ether oxygens (including phenoxy) is 3. The van der Waals surface area contributed by atoms with Gasteiger partial charge >= 0.3 is 6.03 Å². The zero-order valence-electron chi connectivity index (χ0n) is 38.8. The molecule has 69 heavy (non-hydrogen) atoms. The van der Waals surface area contributed by atoms with Crippen molar-refractivity contribution in [1.29, 1.82) is 0 Å². The van der Waals surface area contributed by atoms with Gasteiger partial charge in [-0.2, -0.15) is 0 Å². The summed E-state index contributed by atoms with van der Waals surface area (Å²) in [5, 5.41) is 5.67. The van der Waals surface area contributed by atoms with Crippen molar-refractivity contribution in [2.75, 3.05) is 78.0 Å². The van der Waals surface area contributed by atoms with Crippen molar-refractivity contribution in [1.82, 2.24) is 25.3 Å². The summed E-state index contributed by atoms with van der Waals surface area (Å²) >= 11 is 6.68. The topological polar surface area (TPSA) is 176 Å². The molecule has 9 rings (SSSR count). The molecule has 15 nitrogen and oxygen atoms in total. The molecule has 5 aliphatic rings. The quantitative estimate of drug-likeness (QED) is 0.138. The smallest absolute Gasteiger partial charge is 0.328 e. The normalized spacial score (nSPS) is 22.9. The number of nitrogens with two attached hydrogens (primary N) is 1. The number of likely N-dealkylation sites (tertiary alicyclic amines) is 1. The summed E-state index contributed by atoms with van der Waals surface area (Å²) in [6, 6.07) is 17.9. The van der Waals surface area contributed by atoms with E-state index in [0.717, 1.165) is 37.8 Å². The van der Waals surface area contributed by atoms with Gasteiger partial charge in [0.1, 0.15) is 17.3 Å². The highest BCUT2D eigenvalue weighted by Crippen LogP contribution is 2.56. The average molecular weight is 968 g/mol. The van der Waals surface area contributed by atoms with Crippen LogP contribution in [0.5, 0.6) is 17.2 Å². The Morgan fingerprint density at radius 3 is 2.25 bits per heavy atom. The lowest BCUT2D eigenvalue weighted by Gasteiger charge is -2.45.